The van der Waals surface area contributed by atoms with Crippen LogP contribution in [0.5, 0.6) is 0 Å². The summed E-state index contributed by atoms with van der Waals surface area (Å²) in [6.45, 7) is 4.99. The first-order valence-electron chi connectivity index (χ1n) is 6.73. The highest BCUT2D eigenvalue weighted by Gasteiger charge is 2.14. The molecule has 5 heteroatoms. The van der Waals surface area contributed by atoms with Crippen molar-refractivity contribution in [2.75, 3.05) is 0 Å². The van der Waals surface area contributed by atoms with Gasteiger partial charge in [-0.15, -0.1) is 0 Å². The molecular formula is C15H18Br2N2O. The SMILES string of the molecule is CCc1cc(CC(O)c2ccc(Br)c(Br)c2)n(CC)n1. The first-order chi connectivity index (χ1) is 9.55. The predicted octanol–water partition coefficient (Wildman–Crippen LogP) is 4.27. The van der Waals surface area contributed by atoms with Crippen LogP contribution in [-0.2, 0) is 19.4 Å². The van der Waals surface area contributed by atoms with E-state index in [1.165, 1.54) is 0 Å². The van der Waals surface area contributed by atoms with E-state index in [4.69, 9.17) is 0 Å². The van der Waals surface area contributed by atoms with Gasteiger partial charge in [-0.2, -0.15) is 5.10 Å². The Labute approximate surface area is 136 Å². The van der Waals surface area contributed by atoms with Crippen LogP contribution in [0.3, 0.4) is 0 Å². The summed E-state index contributed by atoms with van der Waals surface area (Å²) in [5.74, 6) is 0. The summed E-state index contributed by atoms with van der Waals surface area (Å²) in [7, 11) is 0. The molecule has 20 heavy (non-hydrogen) atoms. The van der Waals surface area contributed by atoms with Gasteiger partial charge in [-0.05, 0) is 69.0 Å². The third kappa shape index (κ3) is 3.51. The third-order valence-corrected chi connectivity index (χ3v) is 5.19. The van der Waals surface area contributed by atoms with E-state index in [0.717, 1.165) is 38.9 Å². The number of aryl methyl sites for hydroxylation is 2. The number of aliphatic hydroxyl groups is 1. The monoisotopic (exact) mass is 400 g/mol. The fourth-order valence-electron chi connectivity index (χ4n) is 2.16. The van der Waals surface area contributed by atoms with Crippen LogP contribution in [0.25, 0.3) is 0 Å². The summed E-state index contributed by atoms with van der Waals surface area (Å²) in [6, 6.07) is 7.91. The summed E-state index contributed by atoms with van der Waals surface area (Å²) >= 11 is 6.91. The topological polar surface area (TPSA) is 38.0 Å². The van der Waals surface area contributed by atoms with Crippen LogP contribution in [-0.4, -0.2) is 14.9 Å². The van der Waals surface area contributed by atoms with Crippen LogP contribution in [0, 0.1) is 0 Å². The van der Waals surface area contributed by atoms with Crippen molar-refractivity contribution in [2.45, 2.75) is 39.3 Å². The van der Waals surface area contributed by atoms with Gasteiger partial charge < -0.3 is 5.11 Å². The zero-order chi connectivity index (χ0) is 14.7. The molecule has 1 N–H and O–H groups in total. The first kappa shape index (κ1) is 15.7. The zero-order valence-electron chi connectivity index (χ0n) is 11.6. The smallest absolute Gasteiger partial charge is 0.0845 e. The second kappa shape index (κ2) is 6.87. The van der Waals surface area contributed by atoms with Crippen LogP contribution in [0.15, 0.2) is 33.2 Å². The van der Waals surface area contributed by atoms with Gasteiger partial charge in [0.1, 0.15) is 0 Å². The Hall–Kier alpha value is -0.650. The van der Waals surface area contributed by atoms with Crippen LogP contribution in [0.2, 0.25) is 0 Å². The first-order valence-corrected chi connectivity index (χ1v) is 8.32. The fraction of sp³-hybridized carbons (Fsp3) is 0.400. The molecule has 0 fully saturated rings. The third-order valence-electron chi connectivity index (χ3n) is 3.31. The van der Waals surface area contributed by atoms with Crippen molar-refractivity contribution in [1.29, 1.82) is 0 Å². The van der Waals surface area contributed by atoms with Crippen LogP contribution < -0.4 is 0 Å². The van der Waals surface area contributed by atoms with E-state index in [0.29, 0.717) is 6.42 Å². The minimum Gasteiger partial charge on any atom is -0.388 e. The number of hydrogen-bond acceptors (Lipinski definition) is 2. The van der Waals surface area contributed by atoms with Gasteiger partial charge in [0.2, 0.25) is 0 Å². The number of aliphatic hydroxyl groups excluding tert-OH is 1. The van der Waals surface area contributed by atoms with E-state index < -0.39 is 6.10 Å². The molecule has 0 aliphatic heterocycles. The number of rotatable bonds is 5. The minimum atomic E-state index is -0.522. The van der Waals surface area contributed by atoms with Crippen molar-refractivity contribution in [3.05, 3.63) is 50.2 Å². The second-order valence-corrected chi connectivity index (χ2v) is 6.40. The zero-order valence-corrected chi connectivity index (χ0v) is 14.8. The molecule has 108 valence electrons. The predicted molar refractivity (Wildman–Crippen MR) is 87.8 cm³/mol. The standard InChI is InChI=1S/C15H18Br2N2O/c1-3-11-8-12(19(4-2)18-11)9-15(20)10-5-6-13(16)14(17)7-10/h5-8,15,20H,3-4,9H2,1-2H3. The van der Waals surface area contributed by atoms with Gasteiger partial charge >= 0.3 is 0 Å². The van der Waals surface area contributed by atoms with Crippen molar-refractivity contribution in [1.82, 2.24) is 9.78 Å². The van der Waals surface area contributed by atoms with Gasteiger partial charge in [-0.3, -0.25) is 4.68 Å². The molecule has 1 aromatic carbocycles. The minimum absolute atomic E-state index is 0.522. The van der Waals surface area contributed by atoms with Crippen molar-refractivity contribution in [3.63, 3.8) is 0 Å². The maximum atomic E-state index is 10.4. The van der Waals surface area contributed by atoms with Crippen LogP contribution >= 0.6 is 31.9 Å². The lowest BCUT2D eigenvalue weighted by atomic mass is 10.0. The molecule has 0 spiro atoms. The van der Waals surface area contributed by atoms with Crippen LogP contribution in [0.1, 0.15) is 36.9 Å². The highest BCUT2D eigenvalue weighted by Crippen LogP contribution is 2.28. The van der Waals surface area contributed by atoms with Crippen molar-refractivity contribution < 1.29 is 5.11 Å². The Morgan fingerprint density at radius 2 is 1.95 bits per heavy atom. The highest BCUT2D eigenvalue weighted by atomic mass is 79.9. The largest absolute Gasteiger partial charge is 0.388 e. The summed E-state index contributed by atoms with van der Waals surface area (Å²) < 4.78 is 3.91. The number of hydrogen-bond donors (Lipinski definition) is 1. The lowest BCUT2D eigenvalue weighted by Gasteiger charge is -2.13. The quantitative estimate of drug-likeness (QED) is 0.812. The summed E-state index contributed by atoms with van der Waals surface area (Å²) in [4.78, 5) is 0. The molecule has 1 unspecified atom stereocenters. The molecule has 0 saturated carbocycles. The lowest BCUT2D eigenvalue weighted by Crippen LogP contribution is -2.08. The average Bonchev–Trinajstić information content (AvgIpc) is 2.84. The number of benzene rings is 1. The molecule has 0 aliphatic rings. The van der Waals surface area contributed by atoms with E-state index in [1.807, 2.05) is 22.9 Å². The molecule has 1 aromatic heterocycles. The molecule has 1 heterocycles. The van der Waals surface area contributed by atoms with Gasteiger partial charge in [0.25, 0.3) is 0 Å². The van der Waals surface area contributed by atoms with Crippen molar-refractivity contribution in [3.8, 4) is 0 Å². The van der Waals surface area contributed by atoms with Gasteiger partial charge in [0.15, 0.2) is 0 Å². The van der Waals surface area contributed by atoms with Gasteiger partial charge in [-0.25, -0.2) is 0 Å². The second-order valence-electron chi connectivity index (χ2n) is 4.69. The van der Waals surface area contributed by atoms with Gasteiger partial charge in [-0.1, -0.05) is 13.0 Å². The molecule has 1 atom stereocenters. The maximum Gasteiger partial charge on any atom is 0.0845 e. The van der Waals surface area contributed by atoms with Gasteiger partial charge in [0.05, 0.1) is 11.8 Å². The van der Waals surface area contributed by atoms with E-state index >= 15 is 0 Å². The number of aromatic nitrogens is 2. The van der Waals surface area contributed by atoms with E-state index in [1.54, 1.807) is 0 Å². The van der Waals surface area contributed by atoms with Crippen LogP contribution in [0.4, 0.5) is 0 Å². The summed E-state index contributed by atoms with van der Waals surface area (Å²) in [6.07, 6.45) is 0.973. The Bertz CT molecular complexity index is 596. The molecule has 3 nitrogen and oxygen atoms in total. The Morgan fingerprint density at radius 1 is 1.20 bits per heavy atom. The lowest BCUT2D eigenvalue weighted by molar-refractivity contribution is 0.175. The maximum absolute atomic E-state index is 10.4. The van der Waals surface area contributed by atoms with Crippen molar-refractivity contribution >= 4 is 31.9 Å². The summed E-state index contributed by atoms with van der Waals surface area (Å²) in [5, 5.41) is 14.9. The molecule has 0 aliphatic carbocycles. The Balaban J connectivity index is 2.20. The Kier molecular flexibility index (Phi) is 5.41. The molecule has 0 bridgehead atoms. The molecule has 0 radical (unpaired) electrons. The van der Waals surface area contributed by atoms with E-state index in [2.05, 4.69) is 56.9 Å². The number of halogens is 2. The van der Waals surface area contributed by atoms with Crippen molar-refractivity contribution in [2.24, 2.45) is 0 Å². The Morgan fingerprint density at radius 3 is 2.55 bits per heavy atom. The molecular weight excluding hydrogens is 384 g/mol. The average molecular weight is 402 g/mol. The summed E-state index contributed by atoms with van der Waals surface area (Å²) in [5.41, 5.74) is 3.06. The fourth-order valence-corrected chi connectivity index (χ4v) is 2.80. The van der Waals surface area contributed by atoms with E-state index in [-0.39, 0.29) is 0 Å². The highest BCUT2D eigenvalue weighted by molar-refractivity contribution is 9.13. The molecule has 2 rings (SSSR count). The molecule has 0 amide bonds. The normalized spacial score (nSPS) is 12.7. The van der Waals surface area contributed by atoms with E-state index in [9.17, 15) is 5.11 Å². The number of nitrogens with zero attached hydrogens (tertiary/aromatic N) is 2. The molecule has 0 saturated heterocycles. The van der Waals surface area contributed by atoms with Gasteiger partial charge in [0, 0.05) is 27.6 Å². The molecule has 2 aromatic rings.